The lowest BCUT2D eigenvalue weighted by Crippen LogP contribution is -2.21. The van der Waals surface area contributed by atoms with Crippen LogP contribution in [0.4, 0.5) is 0 Å². The first-order valence-electron chi connectivity index (χ1n) is 14.9. The summed E-state index contributed by atoms with van der Waals surface area (Å²) in [5, 5.41) is 2.74. The van der Waals surface area contributed by atoms with Gasteiger partial charge in [0, 0.05) is 19.0 Å². The molecule has 3 rings (SSSR count). The van der Waals surface area contributed by atoms with Crippen molar-refractivity contribution in [3.63, 3.8) is 0 Å². The van der Waals surface area contributed by atoms with Gasteiger partial charge in [-0.1, -0.05) is 155 Å². The summed E-state index contributed by atoms with van der Waals surface area (Å²) >= 11 is 0. The van der Waals surface area contributed by atoms with Crippen LogP contribution < -0.4 is 5.19 Å². The lowest BCUT2D eigenvalue weighted by molar-refractivity contribution is 0.441. The Morgan fingerprint density at radius 2 is 1.29 bits per heavy atom. The number of rotatable bonds is 15. The summed E-state index contributed by atoms with van der Waals surface area (Å²) < 4.78 is 0. The molecule has 1 saturated carbocycles. The predicted molar refractivity (Wildman–Crippen MR) is 165 cm³/mol. The van der Waals surface area contributed by atoms with Crippen LogP contribution in [0.25, 0.3) is 11.1 Å². The molecule has 2 aromatic rings. The lowest BCUT2D eigenvalue weighted by atomic mass is 9.83. The first-order valence-corrected chi connectivity index (χ1v) is 20.5. The van der Waals surface area contributed by atoms with Crippen LogP contribution in [0.15, 0.2) is 48.5 Å². The van der Waals surface area contributed by atoms with Gasteiger partial charge in [0.2, 0.25) is 0 Å². The molecule has 0 aromatic heterocycles. The lowest BCUT2D eigenvalue weighted by Gasteiger charge is -2.28. The summed E-state index contributed by atoms with van der Waals surface area (Å²) in [6, 6.07) is 20.9. The quantitative estimate of drug-likeness (QED) is 0.175. The minimum Gasteiger partial charge on any atom is -0.0746 e. The van der Waals surface area contributed by atoms with E-state index in [0.29, 0.717) is 0 Å². The third-order valence-electron chi connectivity index (χ3n) is 8.48. The zero-order valence-corrected chi connectivity index (χ0v) is 26.9. The first-order chi connectivity index (χ1) is 16.7. The molecule has 34 heavy (non-hydrogen) atoms. The molecule has 1 unspecified atom stereocenters. The van der Waals surface area contributed by atoms with E-state index in [9.17, 15) is 0 Å². The molecule has 0 radical (unpaired) electrons. The predicted octanol–water partition coefficient (Wildman–Crippen LogP) is 7.30. The molecule has 0 bridgehead atoms. The van der Waals surface area contributed by atoms with E-state index in [1.807, 2.05) is 0 Å². The standard InChI is InChI=1S/C31H52Si3/c1-4-5-6-7-8-9-10-11-24-33-25(2)34-31-22-18-29(19-23-31)27-14-12-26(13-15-27)28-16-20-30(32-3)21-17-28/h12-15,18-19,22-23,25,28,30H,4-11,16-17,20-21,24,32-34H2,1-3H3/t25?,28-,30-. The van der Waals surface area contributed by atoms with Gasteiger partial charge in [-0.3, -0.25) is 0 Å². The summed E-state index contributed by atoms with van der Waals surface area (Å²) in [4.78, 5) is 0. The van der Waals surface area contributed by atoms with Gasteiger partial charge in [-0.25, -0.2) is 0 Å². The molecule has 0 saturated heterocycles. The van der Waals surface area contributed by atoms with Gasteiger partial charge in [-0.15, -0.1) is 0 Å². The maximum absolute atomic E-state index is 2.56. The summed E-state index contributed by atoms with van der Waals surface area (Å²) in [6.07, 6.45) is 17.5. The van der Waals surface area contributed by atoms with Crippen molar-refractivity contribution in [3.05, 3.63) is 54.1 Å². The van der Waals surface area contributed by atoms with Gasteiger partial charge in [-0.05, 0) is 35.4 Å². The van der Waals surface area contributed by atoms with Crippen LogP contribution in [-0.4, -0.2) is 28.6 Å². The Hall–Kier alpha value is -0.909. The second kappa shape index (κ2) is 16.0. The smallest absolute Gasteiger partial charge is 0.0544 e. The summed E-state index contributed by atoms with van der Waals surface area (Å²) in [5.74, 6) is 0.815. The van der Waals surface area contributed by atoms with Gasteiger partial charge in [0.25, 0.3) is 0 Å². The Labute approximate surface area is 218 Å². The Morgan fingerprint density at radius 3 is 1.88 bits per heavy atom. The van der Waals surface area contributed by atoms with E-state index < -0.39 is 0 Å². The second-order valence-corrected chi connectivity index (χ2v) is 19.8. The van der Waals surface area contributed by atoms with Crippen molar-refractivity contribution in [2.75, 3.05) is 0 Å². The number of hydrogen-bond donors (Lipinski definition) is 0. The fraction of sp³-hybridized carbons (Fsp3) is 0.613. The number of hydrogen-bond acceptors (Lipinski definition) is 0. The van der Waals surface area contributed by atoms with Gasteiger partial charge in [0.1, 0.15) is 0 Å². The van der Waals surface area contributed by atoms with Gasteiger partial charge >= 0.3 is 0 Å². The third-order valence-corrected chi connectivity index (χ3v) is 16.1. The normalized spacial score (nSPS) is 20.3. The van der Waals surface area contributed by atoms with Crippen molar-refractivity contribution in [2.24, 2.45) is 0 Å². The van der Waals surface area contributed by atoms with Crippen molar-refractivity contribution < 1.29 is 0 Å². The fourth-order valence-electron chi connectivity index (χ4n) is 5.99. The molecular formula is C31H52Si3. The maximum Gasteiger partial charge on any atom is 0.0544 e. The molecule has 0 aliphatic heterocycles. The van der Waals surface area contributed by atoms with Crippen LogP contribution in [0.3, 0.4) is 0 Å². The number of benzene rings is 2. The molecule has 0 N–H and O–H groups in total. The van der Waals surface area contributed by atoms with E-state index in [4.69, 9.17) is 0 Å². The van der Waals surface area contributed by atoms with E-state index in [0.717, 1.165) is 16.6 Å². The van der Waals surface area contributed by atoms with Gasteiger partial charge in [0.05, 0.1) is 9.52 Å². The minimum absolute atomic E-state index is 0.0984. The molecule has 188 valence electrons. The van der Waals surface area contributed by atoms with Crippen molar-refractivity contribution in [3.8, 4) is 11.1 Å². The van der Waals surface area contributed by atoms with Crippen LogP contribution in [0.2, 0.25) is 23.3 Å². The molecule has 0 amide bonds. The molecular weight excluding hydrogens is 457 g/mol. The molecule has 1 fully saturated rings. The van der Waals surface area contributed by atoms with Gasteiger partial charge < -0.3 is 0 Å². The molecule has 1 atom stereocenters. The fourth-order valence-corrected chi connectivity index (χ4v) is 12.6. The summed E-state index contributed by atoms with van der Waals surface area (Å²) in [7, 11) is 0.237. The van der Waals surface area contributed by atoms with Crippen molar-refractivity contribution in [1.29, 1.82) is 0 Å². The van der Waals surface area contributed by atoms with Crippen LogP contribution in [0, 0.1) is 0 Å². The average Bonchev–Trinajstić information content (AvgIpc) is 2.88. The molecule has 2 aromatic carbocycles. The van der Waals surface area contributed by atoms with Crippen molar-refractivity contribution in [2.45, 2.75) is 120 Å². The van der Waals surface area contributed by atoms with Crippen LogP contribution in [0.5, 0.6) is 0 Å². The largest absolute Gasteiger partial charge is 0.0746 e. The highest BCUT2D eigenvalue weighted by molar-refractivity contribution is 6.67. The van der Waals surface area contributed by atoms with Crippen molar-refractivity contribution in [1.82, 2.24) is 0 Å². The number of unbranched alkanes of at least 4 members (excludes halogenated alkanes) is 7. The summed E-state index contributed by atoms with van der Waals surface area (Å²) in [5.41, 5.74) is 5.49. The van der Waals surface area contributed by atoms with Gasteiger partial charge in [-0.2, -0.15) is 0 Å². The monoisotopic (exact) mass is 508 g/mol. The highest BCUT2D eigenvalue weighted by atomic mass is 28.3. The Morgan fingerprint density at radius 1 is 0.735 bits per heavy atom. The zero-order valence-electron chi connectivity index (χ0n) is 22.7. The van der Waals surface area contributed by atoms with E-state index in [1.165, 1.54) is 88.2 Å². The van der Waals surface area contributed by atoms with Crippen LogP contribution in [-0.2, 0) is 0 Å². The topological polar surface area (TPSA) is 0 Å². The SMILES string of the molecule is CCCCCCCCCC[SiH2]C(C)[SiH2]c1ccc(-c2ccc([C@H]3CC[C@H]([SiH2]C)CC3)cc2)cc1. The minimum atomic E-state index is -0.0984. The van der Waals surface area contributed by atoms with E-state index in [1.54, 1.807) is 16.8 Å². The van der Waals surface area contributed by atoms with Crippen molar-refractivity contribution >= 4 is 33.7 Å². The molecule has 0 heterocycles. The van der Waals surface area contributed by atoms with Gasteiger partial charge in [0.15, 0.2) is 0 Å². The first kappa shape index (κ1) is 27.7. The maximum atomic E-state index is 2.56. The Kier molecular flexibility index (Phi) is 13.0. The highest BCUT2D eigenvalue weighted by Gasteiger charge is 2.21. The Bertz CT molecular complexity index is 775. The van der Waals surface area contributed by atoms with Crippen LogP contribution in [0.1, 0.15) is 102 Å². The molecule has 3 heteroatoms. The van der Waals surface area contributed by atoms with Crippen LogP contribution >= 0.6 is 0 Å². The molecule has 1 aliphatic rings. The third kappa shape index (κ3) is 9.62. The van der Waals surface area contributed by atoms with E-state index in [-0.39, 0.29) is 28.6 Å². The molecule has 1 aliphatic carbocycles. The highest BCUT2D eigenvalue weighted by Crippen LogP contribution is 2.38. The molecule has 0 nitrogen and oxygen atoms in total. The van der Waals surface area contributed by atoms with E-state index >= 15 is 0 Å². The molecule has 0 spiro atoms. The Balaban J connectivity index is 1.36. The summed E-state index contributed by atoms with van der Waals surface area (Å²) in [6.45, 7) is 7.36. The second-order valence-electron chi connectivity index (χ2n) is 11.4. The average molecular weight is 509 g/mol. The zero-order chi connectivity index (χ0) is 24.0. The van der Waals surface area contributed by atoms with E-state index in [2.05, 4.69) is 68.9 Å².